The van der Waals surface area contributed by atoms with Gasteiger partial charge in [-0.3, -0.25) is 24.9 Å². The van der Waals surface area contributed by atoms with E-state index in [0.29, 0.717) is 13.1 Å². The van der Waals surface area contributed by atoms with E-state index in [1.807, 2.05) is 0 Å². The highest BCUT2D eigenvalue weighted by atomic mass is 35.5. The minimum Gasteiger partial charge on any atom is -0.265 e. The van der Waals surface area contributed by atoms with Crippen molar-refractivity contribution in [2.24, 2.45) is 0 Å². The van der Waals surface area contributed by atoms with Crippen molar-refractivity contribution in [2.75, 3.05) is 0 Å². The standard InChI is InChI=1S/C10H11ClN6O4/c1-3-14-5-6(16(18)19)7(12-14)8-9(17(20)21)10(11)15(4-2)13-8/h5H,3-4H2,1-2H3. The summed E-state index contributed by atoms with van der Waals surface area (Å²) < 4.78 is 2.51. The van der Waals surface area contributed by atoms with Crippen molar-refractivity contribution < 1.29 is 9.85 Å². The van der Waals surface area contributed by atoms with Gasteiger partial charge in [-0.25, -0.2) is 4.68 Å². The number of nitrogens with zero attached hydrogens (tertiary/aromatic N) is 6. The van der Waals surface area contributed by atoms with E-state index in [9.17, 15) is 20.2 Å². The predicted molar refractivity (Wildman–Crippen MR) is 73.1 cm³/mol. The molecule has 0 radical (unpaired) electrons. The first kappa shape index (κ1) is 14.9. The average Bonchev–Trinajstić information content (AvgIpc) is 2.99. The summed E-state index contributed by atoms with van der Waals surface area (Å²) in [5.41, 5.74) is -1.20. The van der Waals surface area contributed by atoms with Crippen LogP contribution in [0.1, 0.15) is 13.8 Å². The topological polar surface area (TPSA) is 122 Å². The number of nitro groups is 2. The van der Waals surface area contributed by atoms with Crippen molar-refractivity contribution in [3.8, 4) is 11.4 Å². The largest absolute Gasteiger partial charge is 0.335 e. The highest BCUT2D eigenvalue weighted by molar-refractivity contribution is 6.32. The fraction of sp³-hybridized carbons (Fsp3) is 0.400. The van der Waals surface area contributed by atoms with Crippen LogP contribution in [-0.2, 0) is 13.1 Å². The second-order valence-corrected chi connectivity index (χ2v) is 4.39. The number of hydrogen-bond donors (Lipinski definition) is 0. The monoisotopic (exact) mass is 314 g/mol. The van der Waals surface area contributed by atoms with E-state index < -0.39 is 15.5 Å². The van der Waals surface area contributed by atoms with E-state index in [1.54, 1.807) is 13.8 Å². The smallest absolute Gasteiger partial charge is 0.265 e. The lowest BCUT2D eigenvalue weighted by Crippen LogP contribution is -1.97. The van der Waals surface area contributed by atoms with Crippen molar-refractivity contribution >= 4 is 23.0 Å². The summed E-state index contributed by atoms with van der Waals surface area (Å²) in [6, 6.07) is 0. The second-order valence-electron chi connectivity index (χ2n) is 4.04. The molecule has 0 bridgehead atoms. The van der Waals surface area contributed by atoms with Gasteiger partial charge in [0.2, 0.25) is 5.15 Å². The second kappa shape index (κ2) is 5.48. The Labute approximate surface area is 123 Å². The maximum Gasteiger partial charge on any atom is 0.335 e. The summed E-state index contributed by atoms with van der Waals surface area (Å²) in [6.07, 6.45) is 1.21. The van der Waals surface area contributed by atoms with Crippen LogP contribution < -0.4 is 0 Å². The van der Waals surface area contributed by atoms with Crippen LogP contribution in [-0.4, -0.2) is 29.4 Å². The fourth-order valence-corrected chi connectivity index (χ4v) is 2.15. The minimum atomic E-state index is -0.717. The molecule has 0 aliphatic carbocycles. The Morgan fingerprint density at radius 3 is 2.29 bits per heavy atom. The minimum absolute atomic E-state index is 0.164. The molecule has 0 N–H and O–H groups in total. The van der Waals surface area contributed by atoms with Gasteiger partial charge in [-0.1, -0.05) is 11.6 Å². The molecule has 10 nitrogen and oxygen atoms in total. The molecule has 2 aromatic rings. The molecule has 0 fully saturated rings. The van der Waals surface area contributed by atoms with Crippen LogP contribution in [0.25, 0.3) is 11.4 Å². The molecule has 0 atom stereocenters. The molecular formula is C10H11ClN6O4. The lowest BCUT2D eigenvalue weighted by molar-refractivity contribution is -0.386. The van der Waals surface area contributed by atoms with E-state index in [4.69, 9.17) is 11.6 Å². The third kappa shape index (κ3) is 2.44. The molecule has 11 heteroatoms. The molecule has 0 spiro atoms. The number of aromatic nitrogens is 4. The van der Waals surface area contributed by atoms with Crippen LogP contribution in [0.2, 0.25) is 5.15 Å². The number of rotatable bonds is 5. The summed E-state index contributed by atoms with van der Waals surface area (Å²) >= 11 is 5.90. The zero-order chi connectivity index (χ0) is 15.7. The zero-order valence-corrected chi connectivity index (χ0v) is 11.9. The predicted octanol–water partition coefficient (Wildman–Crippen LogP) is 2.26. The first-order valence-electron chi connectivity index (χ1n) is 6.03. The van der Waals surface area contributed by atoms with E-state index in [-0.39, 0.29) is 22.2 Å². The van der Waals surface area contributed by atoms with Gasteiger partial charge in [0.15, 0.2) is 11.4 Å². The van der Waals surface area contributed by atoms with E-state index >= 15 is 0 Å². The Morgan fingerprint density at radius 1 is 1.14 bits per heavy atom. The Balaban J connectivity index is 2.75. The van der Waals surface area contributed by atoms with Gasteiger partial charge in [-0.05, 0) is 13.8 Å². The van der Waals surface area contributed by atoms with Crippen molar-refractivity contribution in [1.82, 2.24) is 19.6 Å². The molecule has 0 amide bonds. The summed E-state index contributed by atoms with van der Waals surface area (Å²) in [6.45, 7) is 4.12. The number of hydrogen-bond acceptors (Lipinski definition) is 6. The van der Waals surface area contributed by atoms with Crippen molar-refractivity contribution in [2.45, 2.75) is 26.9 Å². The van der Waals surface area contributed by atoms with Crippen LogP contribution in [0.4, 0.5) is 11.4 Å². The Morgan fingerprint density at radius 2 is 1.81 bits per heavy atom. The van der Waals surface area contributed by atoms with E-state index in [2.05, 4.69) is 10.2 Å². The lowest BCUT2D eigenvalue weighted by Gasteiger charge is -1.93. The van der Waals surface area contributed by atoms with Crippen LogP contribution in [0.5, 0.6) is 0 Å². The SMILES string of the molecule is CCn1cc([N+](=O)[O-])c(-c2nn(CC)c(Cl)c2[N+](=O)[O-])n1. The summed E-state index contributed by atoms with van der Waals surface area (Å²) in [5, 5.41) is 30.0. The summed E-state index contributed by atoms with van der Waals surface area (Å²) in [5.74, 6) is 0. The quantitative estimate of drug-likeness (QED) is 0.616. The van der Waals surface area contributed by atoms with Gasteiger partial charge >= 0.3 is 11.4 Å². The zero-order valence-electron chi connectivity index (χ0n) is 11.2. The van der Waals surface area contributed by atoms with Crippen LogP contribution in [0.3, 0.4) is 0 Å². The van der Waals surface area contributed by atoms with Gasteiger partial charge < -0.3 is 0 Å². The maximum atomic E-state index is 11.2. The van der Waals surface area contributed by atoms with Gasteiger partial charge in [-0.2, -0.15) is 10.2 Å². The molecule has 2 rings (SSSR count). The van der Waals surface area contributed by atoms with Crippen molar-refractivity contribution in [1.29, 1.82) is 0 Å². The molecule has 2 heterocycles. The van der Waals surface area contributed by atoms with Gasteiger partial charge in [0.25, 0.3) is 0 Å². The summed E-state index contributed by atoms with van der Waals surface area (Å²) in [4.78, 5) is 20.9. The normalized spacial score (nSPS) is 10.8. The highest BCUT2D eigenvalue weighted by Gasteiger charge is 2.34. The molecule has 0 aromatic carbocycles. The maximum absolute atomic E-state index is 11.2. The lowest BCUT2D eigenvalue weighted by atomic mass is 10.2. The number of halogens is 1. The third-order valence-electron chi connectivity index (χ3n) is 2.84. The third-order valence-corrected chi connectivity index (χ3v) is 3.21. The summed E-state index contributed by atoms with van der Waals surface area (Å²) in [7, 11) is 0. The Bertz CT molecular complexity index is 721. The van der Waals surface area contributed by atoms with Gasteiger partial charge in [-0.15, -0.1) is 0 Å². The van der Waals surface area contributed by atoms with Crippen LogP contribution in [0, 0.1) is 20.2 Å². The molecule has 0 aliphatic heterocycles. The Kier molecular flexibility index (Phi) is 3.89. The van der Waals surface area contributed by atoms with Crippen molar-refractivity contribution in [3.63, 3.8) is 0 Å². The van der Waals surface area contributed by atoms with Crippen molar-refractivity contribution in [3.05, 3.63) is 31.6 Å². The molecule has 2 aromatic heterocycles. The molecule has 0 saturated carbocycles. The fourth-order valence-electron chi connectivity index (χ4n) is 1.84. The van der Waals surface area contributed by atoms with E-state index in [1.165, 1.54) is 15.6 Å². The van der Waals surface area contributed by atoms with Gasteiger partial charge in [0.1, 0.15) is 6.20 Å². The van der Waals surface area contributed by atoms with Crippen LogP contribution in [0.15, 0.2) is 6.20 Å². The Hall–Kier alpha value is -2.49. The van der Waals surface area contributed by atoms with Gasteiger partial charge in [0, 0.05) is 13.1 Å². The molecule has 112 valence electrons. The van der Waals surface area contributed by atoms with Gasteiger partial charge in [0.05, 0.1) is 9.85 Å². The van der Waals surface area contributed by atoms with Crippen LogP contribution >= 0.6 is 11.6 Å². The first-order valence-corrected chi connectivity index (χ1v) is 6.41. The molecule has 0 unspecified atom stereocenters. The number of aryl methyl sites for hydroxylation is 2. The molecule has 0 saturated heterocycles. The van der Waals surface area contributed by atoms with E-state index in [0.717, 1.165) is 0 Å². The molecule has 21 heavy (non-hydrogen) atoms. The highest BCUT2D eigenvalue weighted by Crippen LogP contribution is 2.38. The molecular weight excluding hydrogens is 304 g/mol. The molecule has 0 aliphatic rings. The first-order chi connectivity index (χ1) is 9.90. The average molecular weight is 315 g/mol.